The van der Waals surface area contributed by atoms with Gasteiger partial charge in [-0.15, -0.1) is 0 Å². The van der Waals surface area contributed by atoms with Gasteiger partial charge in [0.2, 0.25) is 0 Å². The molecular weight excluding hydrogens is 324 g/mol. The number of rotatable bonds is 7. The second kappa shape index (κ2) is 9.38. The van der Waals surface area contributed by atoms with Crippen LogP contribution < -0.4 is 10.6 Å². The summed E-state index contributed by atoms with van der Waals surface area (Å²) in [5, 5.41) is 6.82. The van der Waals surface area contributed by atoms with Gasteiger partial charge in [0.05, 0.1) is 11.9 Å². The molecule has 1 atom stereocenters. The molecule has 0 spiro atoms. The molecule has 1 saturated heterocycles. The Morgan fingerprint density at radius 2 is 2.12 bits per heavy atom. The topological polar surface area (TPSA) is 68.3 Å². The number of H-pyrrole nitrogens is 1. The van der Waals surface area contributed by atoms with E-state index >= 15 is 0 Å². The largest absolute Gasteiger partial charge is 0.357 e. The molecular formula is C20H30N6. The fourth-order valence-corrected chi connectivity index (χ4v) is 3.46. The maximum Gasteiger partial charge on any atom is 0.191 e. The van der Waals surface area contributed by atoms with Crippen LogP contribution in [0.1, 0.15) is 32.5 Å². The van der Waals surface area contributed by atoms with Gasteiger partial charge in [-0.05, 0) is 38.4 Å². The highest BCUT2D eigenvalue weighted by molar-refractivity contribution is 5.79. The number of aliphatic imine (C=N–C) groups is 1. The smallest absolute Gasteiger partial charge is 0.191 e. The number of nitrogens with one attached hydrogen (secondary N) is 3. The first kappa shape index (κ1) is 18.5. The van der Waals surface area contributed by atoms with E-state index in [9.17, 15) is 0 Å². The van der Waals surface area contributed by atoms with Crippen LogP contribution in [0.2, 0.25) is 0 Å². The van der Waals surface area contributed by atoms with Gasteiger partial charge in [0.1, 0.15) is 12.4 Å². The van der Waals surface area contributed by atoms with Gasteiger partial charge in [-0.2, -0.15) is 0 Å². The first-order valence-electron chi connectivity index (χ1n) is 9.65. The molecule has 0 amide bonds. The SMILES string of the molecule is CCNC(=NCc1ncc(-c2ccccc2)[nH]1)NCC1CCCN1CC. The van der Waals surface area contributed by atoms with Crippen LogP contribution >= 0.6 is 0 Å². The lowest BCUT2D eigenvalue weighted by Gasteiger charge is -2.23. The normalized spacial score (nSPS) is 18.2. The van der Waals surface area contributed by atoms with E-state index in [4.69, 9.17) is 0 Å². The Kier molecular flexibility index (Phi) is 6.66. The molecule has 1 aromatic carbocycles. The van der Waals surface area contributed by atoms with Crippen molar-refractivity contribution in [3.63, 3.8) is 0 Å². The Morgan fingerprint density at radius 3 is 2.88 bits per heavy atom. The number of nitrogens with zero attached hydrogens (tertiary/aromatic N) is 3. The zero-order valence-electron chi connectivity index (χ0n) is 15.8. The number of aromatic nitrogens is 2. The van der Waals surface area contributed by atoms with E-state index in [1.807, 2.05) is 24.4 Å². The van der Waals surface area contributed by atoms with Gasteiger partial charge in [-0.3, -0.25) is 4.90 Å². The van der Waals surface area contributed by atoms with Gasteiger partial charge in [0.15, 0.2) is 5.96 Å². The summed E-state index contributed by atoms with van der Waals surface area (Å²) in [4.78, 5) is 15.0. The zero-order valence-corrected chi connectivity index (χ0v) is 15.8. The number of likely N-dealkylation sites (tertiary alicyclic amines) is 1. The minimum atomic E-state index is 0.532. The number of imidazole rings is 1. The van der Waals surface area contributed by atoms with Crippen LogP contribution in [-0.4, -0.2) is 53.0 Å². The van der Waals surface area contributed by atoms with E-state index < -0.39 is 0 Å². The molecule has 2 heterocycles. The van der Waals surface area contributed by atoms with Crippen molar-refractivity contribution >= 4 is 5.96 Å². The van der Waals surface area contributed by atoms with E-state index in [0.29, 0.717) is 12.6 Å². The molecule has 6 heteroatoms. The van der Waals surface area contributed by atoms with Crippen molar-refractivity contribution in [2.45, 2.75) is 39.3 Å². The van der Waals surface area contributed by atoms with E-state index in [-0.39, 0.29) is 0 Å². The van der Waals surface area contributed by atoms with Crippen LogP contribution in [0.15, 0.2) is 41.5 Å². The molecule has 3 N–H and O–H groups in total. The Balaban J connectivity index is 1.58. The van der Waals surface area contributed by atoms with Gasteiger partial charge in [-0.25, -0.2) is 9.98 Å². The second-order valence-corrected chi connectivity index (χ2v) is 6.61. The number of hydrogen-bond acceptors (Lipinski definition) is 3. The lowest BCUT2D eigenvalue weighted by atomic mass is 10.2. The van der Waals surface area contributed by atoms with Crippen molar-refractivity contribution in [1.82, 2.24) is 25.5 Å². The van der Waals surface area contributed by atoms with Gasteiger partial charge in [0.25, 0.3) is 0 Å². The third kappa shape index (κ3) is 4.85. The number of aromatic amines is 1. The molecule has 1 aliphatic heterocycles. The fourth-order valence-electron chi connectivity index (χ4n) is 3.46. The quantitative estimate of drug-likeness (QED) is 0.528. The van der Waals surface area contributed by atoms with Crippen molar-refractivity contribution in [2.24, 2.45) is 4.99 Å². The lowest BCUT2D eigenvalue weighted by molar-refractivity contribution is 0.267. The maximum atomic E-state index is 4.68. The maximum absolute atomic E-state index is 4.68. The van der Waals surface area contributed by atoms with Crippen molar-refractivity contribution in [3.8, 4) is 11.3 Å². The Morgan fingerprint density at radius 1 is 1.27 bits per heavy atom. The third-order valence-electron chi connectivity index (χ3n) is 4.85. The Labute approximate surface area is 156 Å². The van der Waals surface area contributed by atoms with Crippen LogP contribution in [0.4, 0.5) is 0 Å². The van der Waals surface area contributed by atoms with Crippen LogP contribution in [0.5, 0.6) is 0 Å². The molecule has 1 fully saturated rings. The fraction of sp³-hybridized carbons (Fsp3) is 0.500. The monoisotopic (exact) mass is 354 g/mol. The van der Waals surface area contributed by atoms with Crippen molar-refractivity contribution in [3.05, 3.63) is 42.4 Å². The zero-order chi connectivity index (χ0) is 18.2. The molecule has 0 aliphatic carbocycles. The molecule has 0 bridgehead atoms. The van der Waals surface area contributed by atoms with Gasteiger partial charge in [-0.1, -0.05) is 37.3 Å². The summed E-state index contributed by atoms with van der Waals surface area (Å²) in [7, 11) is 0. The van der Waals surface area contributed by atoms with Crippen LogP contribution in [0.25, 0.3) is 11.3 Å². The molecule has 1 aromatic heterocycles. The van der Waals surface area contributed by atoms with Crippen LogP contribution in [-0.2, 0) is 6.54 Å². The van der Waals surface area contributed by atoms with E-state index in [0.717, 1.165) is 42.7 Å². The van der Waals surface area contributed by atoms with E-state index in [1.54, 1.807) is 0 Å². The molecule has 1 unspecified atom stereocenters. The summed E-state index contributed by atoms with van der Waals surface area (Å²) < 4.78 is 0. The minimum absolute atomic E-state index is 0.532. The third-order valence-corrected chi connectivity index (χ3v) is 4.85. The minimum Gasteiger partial charge on any atom is -0.357 e. The molecule has 2 aromatic rings. The average molecular weight is 355 g/mol. The van der Waals surface area contributed by atoms with Crippen LogP contribution in [0, 0.1) is 0 Å². The van der Waals surface area contributed by atoms with Crippen molar-refractivity contribution in [1.29, 1.82) is 0 Å². The number of likely N-dealkylation sites (N-methyl/N-ethyl adjacent to an activating group) is 1. The number of guanidine groups is 1. The Bertz CT molecular complexity index is 693. The predicted octanol–water partition coefficient (Wildman–Crippen LogP) is 2.62. The highest BCUT2D eigenvalue weighted by atomic mass is 15.2. The molecule has 1 aliphatic rings. The molecule has 3 rings (SSSR count). The van der Waals surface area contributed by atoms with Gasteiger partial charge in [0, 0.05) is 19.1 Å². The summed E-state index contributed by atoms with van der Waals surface area (Å²) >= 11 is 0. The highest BCUT2D eigenvalue weighted by Gasteiger charge is 2.22. The highest BCUT2D eigenvalue weighted by Crippen LogP contribution is 2.17. The molecule has 26 heavy (non-hydrogen) atoms. The summed E-state index contributed by atoms with van der Waals surface area (Å²) in [5.74, 6) is 1.73. The van der Waals surface area contributed by atoms with Crippen molar-refractivity contribution < 1.29 is 0 Å². The van der Waals surface area contributed by atoms with Gasteiger partial charge < -0.3 is 15.6 Å². The molecule has 0 radical (unpaired) electrons. The summed E-state index contributed by atoms with van der Waals surface area (Å²) in [6.07, 6.45) is 4.43. The summed E-state index contributed by atoms with van der Waals surface area (Å²) in [6.45, 7) is 8.98. The summed E-state index contributed by atoms with van der Waals surface area (Å²) in [5.41, 5.74) is 2.17. The Hall–Kier alpha value is -2.34. The first-order chi connectivity index (χ1) is 12.8. The predicted molar refractivity (Wildman–Crippen MR) is 107 cm³/mol. The van der Waals surface area contributed by atoms with E-state index in [1.165, 1.54) is 19.4 Å². The molecule has 140 valence electrons. The average Bonchev–Trinajstić information content (AvgIpc) is 3.34. The second-order valence-electron chi connectivity index (χ2n) is 6.61. The summed E-state index contributed by atoms with van der Waals surface area (Å²) in [6, 6.07) is 10.8. The van der Waals surface area contributed by atoms with E-state index in [2.05, 4.69) is 56.5 Å². The van der Waals surface area contributed by atoms with Crippen LogP contribution in [0.3, 0.4) is 0 Å². The first-order valence-corrected chi connectivity index (χ1v) is 9.65. The number of hydrogen-bond donors (Lipinski definition) is 3. The number of benzene rings is 1. The molecule has 6 nitrogen and oxygen atoms in total. The molecule has 0 saturated carbocycles. The van der Waals surface area contributed by atoms with Crippen molar-refractivity contribution in [2.75, 3.05) is 26.2 Å². The van der Waals surface area contributed by atoms with Gasteiger partial charge >= 0.3 is 0 Å². The standard InChI is InChI=1S/C20H30N6/c1-3-21-20(23-13-17-11-8-12-26(17)4-2)24-15-19-22-14-18(25-19)16-9-6-5-7-10-16/h5-7,9-10,14,17H,3-4,8,11-13,15H2,1-2H3,(H,22,25)(H2,21,23,24). The lowest BCUT2D eigenvalue weighted by Crippen LogP contribution is -2.44.